The van der Waals surface area contributed by atoms with E-state index in [0.717, 1.165) is 36.2 Å². The second-order valence-corrected chi connectivity index (χ2v) is 6.60. The van der Waals surface area contributed by atoms with Gasteiger partial charge in [-0.15, -0.1) is 0 Å². The number of methoxy groups -OCH3 is 1. The SMILES string of the molecule is COC(=O)c1cc(-n2c(-c3ccccc3)cc3c2CCCC3)ccc1O. The van der Waals surface area contributed by atoms with Gasteiger partial charge in [0.2, 0.25) is 0 Å². The first-order valence-electron chi connectivity index (χ1n) is 8.89. The summed E-state index contributed by atoms with van der Waals surface area (Å²) in [5, 5.41) is 10.0. The van der Waals surface area contributed by atoms with Crippen LogP contribution in [-0.4, -0.2) is 22.8 Å². The van der Waals surface area contributed by atoms with Crippen LogP contribution in [0.3, 0.4) is 0 Å². The van der Waals surface area contributed by atoms with Gasteiger partial charge in [0.15, 0.2) is 0 Å². The van der Waals surface area contributed by atoms with Crippen LogP contribution in [0.25, 0.3) is 16.9 Å². The highest BCUT2D eigenvalue weighted by atomic mass is 16.5. The molecule has 0 fully saturated rings. The van der Waals surface area contributed by atoms with E-state index < -0.39 is 5.97 Å². The molecular formula is C22H21NO3. The van der Waals surface area contributed by atoms with Gasteiger partial charge in [0, 0.05) is 11.4 Å². The van der Waals surface area contributed by atoms with Gasteiger partial charge in [-0.25, -0.2) is 4.79 Å². The number of carbonyl (C=O) groups is 1. The summed E-state index contributed by atoms with van der Waals surface area (Å²) >= 11 is 0. The zero-order valence-electron chi connectivity index (χ0n) is 14.7. The highest BCUT2D eigenvalue weighted by Gasteiger charge is 2.21. The maximum Gasteiger partial charge on any atom is 0.341 e. The fourth-order valence-electron chi connectivity index (χ4n) is 3.75. The number of nitrogens with zero attached hydrogens (tertiary/aromatic N) is 1. The van der Waals surface area contributed by atoms with E-state index in [1.165, 1.54) is 24.8 Å². The quantitative estimate of drug-likeness (QED) is 0.709. The van der Waals surface area contributed by atoms with Crippen molar-refractivity contribution in [3.8, 4) is 22.7 Å². The standard InChI is InChI=1S/C22H21NO3/c1-26-22(25)18-14-17(11-12-21(18)24)23-19-10-6-5-9-16(19)13-20(23)15-7-3-2-4-8-15/h2-4,7-8,11-14,24H,5-6,9-10H2,1H3. The molecule has 0 aliphatic heterocycles. The first kappa shape index (κ1) is 16.5. The van der Waals surface area contributed by atoms with Crippen molar-refractivity contribution in [1.82, 2.24) is 4.57 Å². The van der Waals surface area contributed by atoms with Crippen molar-refractivity contribution in [1.29, 1.82) is 0 Å². The Hall–Kier alpha value is -3.01. The van der Waals surface area contributed by atoms with Crippen molar-refractivity contribution in [2.24, 2.45) is 0 Å². The minimum Gasteiger partial charge on any atom is -0.507 e. The van der Waals surface area contributed by atoms with Gasteiger partial charge in [-0.1, -0.05) is 30.3 Å². The molecule has 0 radical (unpaired) electrons. The zero-order chi connectivity index (χ0) is 18.1. The first-order chi connectivity index (χ1) is 12.7. The predicted octanol–water partition coefficient (Wildman–Crippen LogP) is 4.52. The van der Waals surface area contributed by atoms with Crippen molar-refractivity contribution in [2.45, 2.75) is 25.7 Å². The third kappa shape index (κ3) is 2.77. The average Bonchev–Trinajstić information content (AvgIpc) is 3.08. The van der Waals surface area contributed by atoms with E-state index in [2.05, 4.69) is 22.8 Å². The van der Waals surface area contributed by atoms with Crippen LogP contribution in [0.4, 0.5) is 0 Å². The van der Waals surface area contributed by atoms with Crippen LogP contribution in [0.15, 0.2) is 54.6 Å². The van der Waals surface area contributed by atoms with Crippen molar-refractivity contribution < 1.29 is 14.6 Å². The molecule has 4 heteroatoms. The molecule has 2 aromatic carbocycles. The number of fused-ring (bicyclic) bond motifs is 1. The molecule has 26 heavy (non-hydrogen) atoms. The predicted molar refractivity (Wildman–Crippen MR) is 101 cm³/mol. The zero-order valence-corrected chi connectivity index (χ0v) is 14.7. The van der Waals surface area contributed by atoms with Crippen LogP contribution < -0.4 is 0 Å². The van der Waals surface area contributed by atoms with Gasteiger partial charge in [-0.2, -0.15) is 0 Å². The molecule has 3 aromatic rings. The van der Waals surface area contributed by atoms with Gasteiger partial charge in [-0.3, -0.25) is 0 Å². The molecule has 1 aliphatic carbocycles. The van der Waals surface area contributed by atoms with Crippen LogP contribution in [0, 0.1) is 0 Å². The summed E-state index contributed by atoms with van der Waals surface area (Å²) in [6.07, 6.45) is 4.45. The van der Waals surface area contributed by atoms with E-state index in [4.69, 9.17) is 4.74 Å². The first-order valence-corrected chi connectivity index (χ1v) is 8.89. The Morgan fingerprint density at radius 2 is 1.81 bits per heavy atom. The van der Waals surface area contributed by atoms with Gasteiger partial charge in [0.05, 0.1) is 12.8 Å². The molecular weight excluding hydrogens is 326 g/mol. The lowest BCUT2D eigenvalue weighted by atomic mass is 9.98. The maximum absolute atomic E-state index is 12.0. The van der Waals surface area contributed by atoms with E-state index in [9.17, 15) is 9.90 Å². The molecule has 132 valence electrons. The summed E-state index contributed by atoms with van der Waals surface area (Å²) in [5.74, 6) is -0.602. The summed E-state index contributed by atoms with van der Waals surface area (Å²) in [6.45, 7) is 0. The minimum atomic E-state index is -0.536. The smallest absolute Gasteiger partial charge is 0.341 e. The molecule has 1 N–H and O–H groups in total. The molecule has 1 aliphatic rings. The number of aryl methyl sites for hydroxylation is 1. The summed E-state index contributed by atoms with van der Waals surface area (Å²) < 4.78 is 7.03. The van der Waals surface area contributed by atoms with Gasteiger partial charge in [-0.05, 0) is 61.1 Å². The molecule has 0 saturated carbocycles. The number of hydrogen-bond donors (Lipinski definition) is 1. The van der Waals surface area contributed by atoms with Crippen LogP contribution in [0.1, 0.15) is 34.5 Å². The summed E-state index contributed by atoms with van der Waals surface area (Å²) in [5.41, 5.74) is 5.94. The van der Waals surface area contributed by atoms with Crippen molar-refractivity contribution in [2.75, 3.05) is 7.11 Å². The summed E-state index contributed by atoms with van der Waals surface area (Å²) in [6, 6.07) is 17.6. The fourth-order valence-corrected chi connectivity index (χ4v) is 3.75. The van der Waals surface area contributed by atoms with E-state index >= 15 is 0 Å². The number of aromatic nitrogens is 1. The van der Waals surface area contributed by atoms with Gasteiger partial charge in [0.1, 0.15) is 11.3 Å². The number of phenolic OH excluding ortho intramolecular Hbond substituents is 1. The van der Waals surface area contributed by atoms with Gasteiger partial charge in [0.25, 0.3) is 0 Å². The van der Waals surface area contributed by atoms with Crippen LogP contribution in [-0.2, 0) is 17.6 Å². The van der Waals surface area contributed by atoms with Crippen LogP contribution in [0.2, 0.25) is 0 Å². The Labute approximate surface area is 152 Å². The Balaban J connectivity index is 1.94. The number of benzene rings is 2. The van der Waals surface area contributed by atoms with Crippen LogP contribution >= 0.6 is 0 Å². The number of ether oxygens (including phenoxy) is 1. The molecule has 0 saturated heterocycles. The lowest BCUT2D eigenvalue weighted by molar-refractivity contribution is 0.0597. The van der Waals surface area contributed by atoms with Crippen molar-refractivity contribution in [3.05, 3.63) is 71.4 Å². The third-order valence-corrected chi connectivity index (χ3v) is 5.02. The molecule has 4 rings (SSSR count). The Morgan fingerprint density at radius 3 is 2.58 bits per heavy atom. The lowest BCUT2D eigenvalue weighted by Crippen LogP contribution is -2.09. The minimum absolute atomic E-state index is 0.0668. The molecule has 4 nitrogen and oxygen atoms in total. The van der Waals surface area contributed by atoms with Crippen molar-refractivity contribution >= 4 is 5.97 Å². The highest BCUT2D eigenvalue weighted by molar-refractivity contribution is 5.93. The highest BCUT2D eigenvalue weighted by Crippen LogP contribution is 2.35. The second kappa shape index (κ2) is 6.71. The van der Waals surface area contributed by atoms with E-state index in [1.54, 1.807) is 12.1 Å². The number of phenols is 1. The Bertz CT molecular complexity index is 957. The molecule has 0 amide bonds. The van der Waals surface area contributed by atoms with Gasteiger partial charge >= 0.3 is 5.97 Å². The normalized spacial score (nSPS) is 13.3. The van der Waals surface area contributed by atoms with E-state index in [0.29, 0.717) is 0 Å². The molecule has 1 heterocycles. The number of esters is 1. The van der Waals surface area contributed by atoms with E-state index in [-0.39, 0.29) is 11.3 Å². The Kier molecular flexibility index (Phi) is 4.25. The number of carbonyl (C=O) groups excluding carboxylic acids is 1. The molecule has 0 unspecified atom stereocenters. The van der Waals surface area contributed by atoms with Gasteiger partial charge < -0.3 is 14.4 Å². The topological polar surface area (TPSA) is 51.5 Å². The van der Waals surface area contributed by atoms with Crippen LogP contribution in [0.5, 0.6) is 5.75 Å². The molecule has 0 bridgehead atoms. The number of aromatic hydroxyl groups is 1. The summed E-state index contributed by atoms with van der Waals surface area (Å²) in [4.78, 5) is 12.0. The largest absolute Gasteiger partial charge is 0.507 e. The number of rotatable bonds is 3. The fraction of sp³-hybridized carbons (Fsp3) is 0.227. The average molecular weight is 347 g/mol. The second-order valence-electron chi connectivity index (χ2n) is 6.60. The molecule has 0 atom stereocenters. The van der Waals surface area contributed by atoms with E-state index in [1.807, 2.05) is 24.3 Å². The number of hydrogen-bond acceptors (Lipinski definition) is 3. The Morgan fingerprint density at radius 1 is 1.04 bits per heavy atom. The third-order valence-electron chi connectivity index (χ3n) is 5.02. The lowest BCUT2D eigenvalue weighted by Gasteiger charge is -2.18. The van der Waals surface area contributed by atoms with Crippen molar-refractivity contribution in [3.63, 3.8) is 0 Å². The molecule has 0 spiro atoms. The summed E-state index contributed by atoms with van der Waals surface area (Å²) in [7, 11) is 1.32. The molecule has 1 aromatic heterocycles. The monoisotopic (exact) mass is 347 g/mol. The maximum atomic E-state index is 12.0.